The Labute approximate surface area is 165 Å². The zero-order valence-corrected chi connectivity index (χ0v) is 15.9. The number of carbonyl (C=O) groups is 2. The van der Waals surface area contributed by atoms with E-state index in [1.54, 1.807) is 12.1 Å². The zero-order valence-electron chi connectivity index (χ0n) is 15.1. The van der Waals surface area contributed by atoms with Crippen LogP contribution in [-0.4, -0.2) is 48.3 Å². The number of thiazole rings is 1. The summed E-state index contributed by atoms with van der Waals surface area (Å²) in [5.74, 6) is -1.45. The number of carboxylic acid groups (broad SMARTS) is 1. The Bertz CT molecular complexity index is 1060. The van der Waals surface area contributed by atoms with Crippen LogP contribution in [0.15, 0.2) is 36.4 Å². The van der Waals surface area contributed by atoms with Crippen LogP contribution in [0, 0.1) is 0 Å². The van der Waals surface area contributed by atoms with E-state index in [2.05, 4.69) is 9.88 Å². The van der Waals surface area contributed by atoms with Crippen molar-refractivity contribution in [3.63, 3.8) is 0 Å². The molecule has 1 saturated heterocycles. The normalized spacial score (nSPS) is 14.4. The molecule has 3 aromatic rings. The number of morpholine rings is 1. The second kappa shape index (κ2) is 7.57. The van der Waals surface area contributed by atoms with Gasteiger partial charge >= 0.3 is 5.97 Å². The number of nitrogens with zero attached hydrogens (tertiary/aromatic N) is 2. The number of primary amides is 1. The molecule has 1 aromatic heterocycles. The van der Waals surface area contributed by atoms with Gasteiger partial charge in [-0.15, -0.1) is 0 Å². The standard InChI is InChI=1S/C20H19N3O4S/c21-18(24)14-4-3-13-2-1-12(9-15(13)11-14)10-16-17(19(25)26)28-20(22-16)23-5-7-27-8-6-23/h1-4,9,11H,5-8,10H2,(H2,21,24)(H,25,26). The lowest BCUT2D eigenvalue weighted by Gasteiger charge is -2.26. The number of aromatic nitrogens is 1. The van der Waals surface area contributed by atoms with Crippen LogP contribution in [0.2, 0.25) is 0 Å². The number of rotatable bonds is 5. The van der Waals surface area contributed by atoms with Gasteiger partial charge in [0.1, 0.15) is 4.88 Å². The highest BCUT2D eigenvalue weighted by atomic mass is 32.1. The molecule has 0 atom stereocenters. The molecule has 7 nitrogen and oxygen atoms in total. The zero-order chi connectivity index (χ0) is 19.7. The van der Waals surface area contributed by atoms with E-state index in [1.165, 1.54) is 11.3 Å². The van der Waals surface area contributed by atoms with Crippen molar-refractivity contribution in [2.45, 2.75) is 6.42 Å². The van der Waals surface area contributed by atoms with Crippen molar-refractivity contribution in [1.29, 1.82) is 0 Å². The Balaban J connectivity index is 1.66. The number of carboxylic acids is 1. The number of ether oxygens (including phenoxy) is 1. The van der Waals surface area contributed by atoms with Crippen molar-refractivity contribution in [2.24, 2.45) is 5.73 Å². The molecule has 1 amide bonds. The molecule has 144 valence electrons. The van der Waals surface area contributed by atoms with Gasteiger partial charge < -0.3 is 20.5 Å². The minimum Gasteiger partial charge on any atom is -0.477 e. The molecule has 2 heterocycles. The fourth-order valence-corrected chi connectivity index (χ4v) is 4.24. The van der Waals surface area contributed by atoms with Gasteiger partial charge in [-0.05, 0) is 28.5 Å². The van der Waals surface area contributed by atoms with Gasteiger partial charge in [-0.25, -0.2) is 9.78 Å². The predicted molar refractivity (Wildman–Crippen MR) is 107 cm³/mol. The highest BCUT2D eigenvalue weighted by molar-refractivity contribution is 7.17. The van der Waals surface area contributed by atoms with Crippen molar-refractivity contribution in [2.75, 3.05) is 31.2 Å². The Kier molecular flexibility index (Phi) is 4.97. The molecule has 1 aliphatic rings. The molecule has 0 saturated carbocycles. The van der Waals surface area contributed by atoms with Gasteiger partial charge in [0.2, 0.25) is 5.91 Å². The molecule has 0 bridgehead atoms. The number of fused-ring (bicyclic) bond motifs is 1. The van der Waals surface area contributed by atoms with Gasteiger partial charge in [-0.3, -0.25) is 4.79 Å². The van der Waals surface area contributed by atoms with Gasteiger partial charge in [-0.1, -0.05) is 35.6 Å². The Morgan fingerprint density at radius 2 is 1.89 bits per heavy atom. The summed E-state index contributed by atoms with van der Waals surface area (Å²) in [5, 5.41) is 12.2. The maximum absolute atomic E-state index is 11.7. The quantitative estimate of drug-likeness (QED) is 0.685. The van der Waals surface area contributed by atoms with Crippen LogP contribution >= 0.6 is 11.3 Å². The summed E-state index contributed by atoms with van der Waals surface area (Å²) in [6.45, 7) is 2.64. The fraction of sp³-hybridized carbons (Fsp3) is 0.250. The van der Waals surface area contributed by atoms with Crippen molar-refractivity contribution in [3.05, 3.63) is 58.1 Å². The summed E-state index contributed by atoms with van der Waals surface area (Å²) in [5.41, 5.74) is 7.28. The van der Waals surface area contributed by atoms with E-state index in [9.17, 15) is 14.7 Å². The van der Waals surface area contributed by atoms with Crippen LogP contribution < -0.4 is 10.6 Å². The molecule has 8 heteroatoms. The monoisotopic (exact) mass is 397 g/mol. The number of hydrogen-bond acceptors (Lipinski definition) is 6. The first-order chi connectivity index (χ1) is 13.5. The van der Waals surface area contributed by atoms with E-state index in [4.69, 9.17) is 10.5 Å². The lowest BCUT2D eigenvalue weighted by atomic mass is 10.0. The van der Waals surface area contributed by atoms with Crippen LogP contribution in [0.1, 0.15) is 31.3 Å². The van der Waals surface area contributed by atoms with Gasteiger partial charge in [0.15, 0.2) is 5.13 Å². The van der Waals surface area contributed by atoms with E-state index >= 15 is 0 Å². The van der Waals surface area contributed by atoms with Gasteiger partial charge in [0, 0.05) is 25.1 Å². The van der Waals surface area contributed by atoms with Crippen LogP contribution in [-0.2, 0) is 11.2 Å². The Hall–Kier alpha value is -2.97. The third-order valence-corrected chi connectivity index (χ3v) is 5.87. The predicted octanol–water partition coefficient (Wildman–Crippen LogP) is 2.52. The number of nitrogens with two attached hydrogens (primary N) is 1. The summed E-state index contributed by atoms with van der Waals surface area (Å²) < 4.78 is 5.35. The average molecular weight is 397 g/mol. The maximum Gasteiger partial charge on any atom is 0.347 e. The molecule has 0 unspecified atom stereocenters. The third-order valence-electron chi connectivity index (χ3n) is 4.72. The molecule has 2 aromatic carbocycles. The number of amides is 1. The number of benzene rings is 2. The molecule has 3 N–H and O–H groups in total. The first-order valence-electron chi connectivity index (χ1n) is 8.89. The second-order valence-electron chi connectivity index (χ2n) is 6.61. The molecule has 4 rings (SSSR count). The fourth-order valence-electron chi connectivity index (χ4n) is 3.27. The number of carbonyl (C=O) groups excluding carboxylic acids is 1. The van der Waals surface area contributed by atoms with Crippen LogP contribution in [0.4, 0.5) is 5.13 Å². The molecular weight excluding hydrogens is 378 g/mol. The molecule has 0 spiro atoms. The van der Waals surface area contributed by atoms with Crippen LogP contribution in [0.25, 0.3) is 10.8 Å². The van der Waals surface area contributed by atoms with E-state index in [1.807, 2.05) is 24.3 Å². The highest BCUT2D eigenvalue weighted by Crippen LogP contribution is 2.29. The summed E-state index contributed by atoms with van der Waals surface area (Å²) >= 11 is 1.20. The average Bonchev–Trinajstić information content (AvgIpc) is 3.12. The lowest BCUT2D eigenvalue weighted by molar-refractivity contribution is 0.0700. The summed E-state index contributed by atoms with van der Waals surface area (Å²) in [7, 11) is 0. The van der Waals surface area contributed by atoms with Crippen molar-refractivity contribution < 1.29 is 19.4 Å². The van der Waals surface area contributed by atoms with Crippen LogP contribution in [0.3, 0.4) is 0 Å². The molecule has 0 aliphatic carbocycles. The van der Waals surface area contributed by atoms with E-state index < -0.39 is 11.9 Å². The van der Waals surface area contributed by atoms with Crippen LogP contribution in [0.5, 0.6) is 0 Å². The minimum atomic E-state index is -0.969. The third kappa shape index (κ3) is 3.69. The lowest BCUT2D eigenvalue weighted by Crippen LogP contribution is -2.36. The minimum absolute atomic E-state index is 0.257. The molecular formula is C20H19N3O4S. The maximum atomic E-state index is 11.7. The topological polar surface area (TPSA) is 106 Å². The van der Waals surface area contributed by atoms with Crippen molar-refractivity contribution in [1.82, 2.24) is 4.98 Å². The summed E-state index contributed by atoms with van der Waals surface area (Å²) in [6.07, 6.45) is 0.402. The SMILES string of the molecule is NC(=O)c1ccc2ccc(Cc3nc(N4CCOCC4)sc3C(=O)O)cc2c1. The summed E-state index contributed by atoms with van der Waals surface area (Å²) in [6, 6.07) is 11.1. The smallest absolute Gasteiger partial charge is 0.347 e. The van der Waals surface area contributed by atoms with Gasteiger partial charge in [0.25, 0.3) is 0 Å². The van der Waals surface area contributed by atoms with E-state index in [-0.39, 0.29) is 4.88 Å². The largest absolute Gasteiger partial charge is 0.477 e. The van der Waals surface area contributed by atoms with Gasteiger partial charge in [0.05, 0.1) is 18.9 Å². The number of hydrogen-bond donors (Lipinski definition) is 2. The molecule has 1 fully saturated rings. The van der Waals surface area contributed by atoms with Crippen molar-refractivity contribution in [3.8, 4) is 0 Å². The molecule has 1 aliphatic heterocycles. The number of anilines is 1. The Morgan fingerprint density at radius 1 is 1.14 bits per heavy atom. The van der Waals surface area contributed by atoms with Crippen molar-refractivity contribution >= 4 is 39.1 Å². The highest BCUT2D eigenvalue weighted by Gasteiger charge is 2.22. The first kappa shape index (κ1) is 18.4. The van der Waals surface area contributed by atoms with Gasteiger partial charge in [-0.2, -0.15) is 0 Å². The first-order valence-corrected chi connectivity index (χ1v) is 9.71. The Morgan fingerprint density at radius 3 is 2.61 bits per heavy atom. The number of aromatic carboxylic acids is 1. The summed E-state index contributed by atoms with van der Waals surface area (Å²) in [4.78, 5) is 30.1. The van der Waals surface area contributed by atoms with E-state index in [0.29, 0.717) is 49.1 Å². The molecule has 0 radical (unpaired) electrons. The molecule has 28 heavy (non-hydrogen) atoms. The second-order valence-corrected chi connectivity index (χ2v) is 7.59. The van der Waals surface area contributed by atoms with E-state index in [0.717, 1.165) is 16.3 Å².